The third-order valence-electron chi connectivity index (χ3n) is 4.77. The van der Waals surface area contributed by atoms with Crippen molar-refractivity contribution in [3.05, 3.63) is 126 Å². The van der Waals surface area contributed by atoms with Gasteiger partial charge in [-0.25, -0.2) is 0 Å². The maximum atomic E-state index is 13.4. The van der Waals surface area contributed by atoms with E-state index in [1.807, 2.05) is 109 Å². The first kappa shape index (κ1) is 23.8. The van der Waals surface area contributed by atoms with Crippen molar-refractivity contribution in [1.82, 2.24) is 0 Å². The molecule has 0 aliphatic rings. The summed E-state index contributed by atoms with van der Waals surface area (Å²) in [4.78, 5) is 13.4. The molecule has 1 unspecified atom stereocenters. The van der Waals surface area contributed by atoms with E-state index < -0.39 is 0 Å². The van der Waals surface area contributed by atoms with E-state index in [4.69, 9.17) is 9.47 Å². The van der Waals surface area contributed by atoms with Crippen molar-refractivity contribution in [1.29, 1.82) is 0 Å². The van der Waals surface area contributed by atoms with E-state index in [0.717, 1.165) is 27.9 Å². The Kier molecular flexibility index (Phi) is 9.14. The fraction of sp³-hybridized carbons (Fsp3) is 0.0741. The van der Waals surface area contributed by atoms with Gasteiger partial charge in [0, 0.05) is 16.7 Å². The molecule has 0 N–H and O–H groups in total. The van der Waals surface area contributed by atoms with E-state index in [1.54, 1.807) is 0 Å². The molecule has 1 atom stereocenters. The van der Waals surface area contributed by atoms with Crippen molar-refractivity contribution >= 4 is 38.3 Å². The third-order valence-corrected chi connectivity index (χ3v) is 5.87. The van der Waals surface area contributed by atoms with E-state index in [0.29, 0.717) is 18.8 Å². The summed E-state index contributed by atoms with van der Waals surface area (Å²) in [5, 5.41) is 1.02. The molecule has 5 heteroatoms. The van der Waals surface area contributed by atoms with Crippen LogP contribution in [0.3, 0.4) is 0 Å². The Morgan fingerprint density at radius 3 is 1.50 bits per heavy atom. The van der Waals surface area contributed by atoms with Crippen molar-refractivity contribution < 1.29 is 14.3 Å². The van der Waals surface area contributed by atoms with Crippen LogP contribution in [0.2, 0.25) is 0 Å². The Bertz CT molecular complexity index is 1060. The summed E-state index contributed by atoms with van der Waals surface area (Å²) in [6, 6.07) is 35.0. The van der Waals surface area contributed by atoms with Crippen LogP contribution in [0.15, 0.2) is 109 Å². The first-order chi connectivity index (χ1) is 15.3. The number of benzene rings is 4. The third kappa shape index (κ3) is 6.59. The second-order valence-electron chi connectivity index (χ2n) is 6.97. The first-order valence-corrected chi connectivity index (χ1v) is 11.1. The average Bonchev–Trinajstić information content (AvgIpc) is 2.83. The Hall–Kier alpha value is -2.82. The van der Waals surface area contributed by atoms with Crippen LogP contribution in [-0.4, -0.2) is 24.4 Å². The van der Waals surface area contributed by atoms with Crippen LogP contribution in [0.25, 0.3) is 0 Å². The topological polar surface area (TPSA) is 35.5 Å². The zero-order valence-electron chi connectivity index (χ0n) is 17.0. The van der Waals surface area contributed by atoms with Crippen molar-refractivity contribution in [2.45, 2.75) is 13.2 Å². The van der Waals surface area contributed by atoms with Gasteiger partial charge in [0.2, 0.25) is 0 Å². The standard InChI is InChI=1S/C27H23O3P.Li.H/c28-27(31-25-17-8-3-9-18-25)26-21(19-29-23-13-4-1-5-14-23)11-10-12-22(26)20-30-24-15-6-2-7-16-24;;/h1-18,31H,19-20H2;;. The van der Waals surface area contributed by atoms with E-state index in [-0.39, 0.29) is 33.0 Å². The predicted octanol–water partition coefficient (Wildman–Crippen LogP) is 5.34. The molecule has 0 amide bonds. The summed E-state index contributed by atoms with van der Waals surface area (Å²) in [5.41, 5.74) is 2.51. The zero-order valence-corrected chi connectivity index (χ0v) is 18.0. The maximum absolute atomic E-state index is 13.4. The van der Waals surface area contributed by atoms with Gasteiger partial charge in [-0.1, -0.05) is 84.9 Å². The molecule has 0 saturated carbocycles. The summed E-state index contributed by atoms with van der Waals surface area (Å²) in [7, 11) is 0.0404. The molecule has 0 fully saturated rings. The van der Waals surface area contributed by atoms with Crippen molar-refractivity contribution in [2.24, 2.45) is 0 Å². The molecule has 156 valence electrons. The van der Waals surface area contributed by atoms with Crippen LogP contribution < -0.4 is 14.8 Å². The molecule has 4 aromatic rings. The molecule has 0 saturated heterocycles. The summed E-state index contributed by atoms with van der Waals surface area (Å²) in [6.45, 7) is 0.646. The van der Waals surface area contributed by atoms with Crippen LogP contribution in [0.4, 0.5) is 0 Å². The van der Waals surface area contributed by atoms with Crippen molar-refractivity contribution in [2.75, 3.05) is 0 Å². The summed E-state index contributed by atoms with van der Waals surface area (Å²) in [6.07, 6.45) is 0. The van der Waals surface area contributed by atoms with Crippen LogP contribution in [-0.2, 0) is 13.2 Å². The number of rotatable bonds is 9. The SMILES string of the molecule is O=C(Pc1ccccc1)c1c(COc2ccccc2)cccc1COc1ccccc1.[LiH]. The fourth-order valence-electron chi connectivity index (χ4n) is 3.26. The number of carbonyl (C=O) groups is 1. The van der Waals surface area contributed by atoms with E-state index in [1.165, 1.54) is 0 Å². The minimum atomic E-state index is 0. The molecule has 0 aromatic heterocycles. The monoisotopic (exact) mass is 434 g/mol. The van der Waals surface area contributed by atoms with Crippen LogP contribution >= 0.6 is 8.58 Å². The number of hydrogen-bond donors (Lipinski definition) is 0. The van der Waals surface area contributed by atoms with Gasteiger partial charge in [0.15, 0.2) is 5.52 Å². The quantitative estimate of drug-likeness (QED) is 0.264. The predicted molar refractivity (Wildman–Crippen MR) is 134 cm³/mol. The molecule has 32 heavy (non-hydrogen) atoms. The van der Waals surface area contributed by atoms with Gasteiger partial charge in [-0.05, 0) is 38.2 Å². The second kappa shape index (κ2) is 12.3. The molecule has 0 bridgehead atoms. The summed E-state index contributed by atoms with van der Waals surface area (Å²) < 4.78 is 11.9. The van der Waals surface area contributed by atoms with Gasteiger partial charge in [-0.3, -0.25) is 4.79 Å². The fourth-order valence-corrected chi connectivity index (χ4v) is 4.32. The average molecular weight is 434 g/mol. The van der Waals surface area contributed by atoms with Crippen LogP contribution in [0.1, 0.15) is 21.5 Å². The van der Waals surface area contributed by atoms with Gasteiger partial charge >= 0.3 is 18.9 Å². The molecule has 0 spiro atoms. The molecule has 0 aliphatic carbocycles. The Morgan fingerprint density at radius 1 is 0.594 bits per heavy atom. The first-order valence-electron chi connectivity index (χ1n) is 10.1. The number of hydrogen-bond acceptors (Lipinski definition) is 3. The van der Waals surface area contributed by atoms with Gasteiger partial charge in [0.25, 0.3) is 0 Å². The van der Waals surface area contributed by atoms with Crippen LogP contribution in [0.5, 0.6) is 11.5 Å². The number of carbonyl (C=O) groups excluding carboxylic acids is 1. The molecule has 3 nitrogen and oxygen atoms in total. The van der Waals surface area contributed by atoms with Crippen LogP contribution in [0, 0.1) is 0 Å². The number of ether oxygens (including phenoxy) is 2. The van der Waals surface area contributed by atoms with Gasteiger partial charge in [-0.2, -0.15) is 0 Å². The summed E-state index contributed by atoms with van der Waals surface area (Å²) >= 11 is 0. The molecule has 0 aliphatic heterocycles. The van der Waals surface area contributed by atoms with E-state index in [9.17, 15) is 4.79 Å². The molecule has 4 rings (SSSR count). The molecular formula is C27H24LiO3P. The molecule has 0 heterocycles. The minimum absolute atomic E-state index is 0. The van der Waals surface area contributed by atoms with Crippen molar-refractivity contribution in [3.8, 4) is 11.5 Å². The van der Waals surface area contributed by atoms with Gasteiger partial charge in [-0.15, -0.1) is 0 Å². The molecular weight excluding hydrogens is 410 g/mol. The van der Waals surface area contributed by atoms with Gasteiger partial charge in [0.05, 0.1) is 0 Å². The van der Waals surface area contributed by atoms with Crippen molar-refractivity contribution in [3.63, 3.8) is 0 Å². The van der Waals surface area contributed by atoms with Gasteiger partial charge in [0.1, 0.15) is 24.7 Å². The van der Waals surface area contributed by atoms with E-state index >= 15 is 0 Å². The van der Waals surface area contributed by atoms with E-state index in [2.05, 4.69) is 0 Å². The molecule has 0 radical (unpaired) electrons. The Labute approximate surface area is 202 Å². The molecule has 4 aromatic carbocycles. The normalized spacial score (nSPS) is 10.5. The number of para-hydroxylation sites is 2. The Balaban J connectivity index is 0.00000289. The summed E-state index contributed by atoms with van der Waals surface area (Å²) in [5.74, 6) is 1.55. The second-order valence-corrected chi connectivity index (χ2v) is 8.26. The zero-order chi connectivity index (χ0) is 21.3. The Morgan fingerprint density at radius 2 is 1.03 bits per heavy atom. The van der Waals surface area contributed by atoms with Gasteiger partial charge < -0.3 is 9.47 Å².